The van der Waals surface area contributed by atoms with Gasteiger partial charge in [-0.05, 0) is 30.2 Å². The standard InChI is InChI=1S/C20H28N2O2/c23-19(22-18-16-12-21-13-17(16)18)20(24,15-10-6-3-7-11-15)14-8-4-1-2-5-9-14/h3,6-7,10-11,14,16-18,21,24H,1-2,4-5,8-9,12-13H2,(H,22,23)/t16-,17?,18?,20?/m0/s1. The van der Waals surface area contributed by atoms with Crippen LogP contribution in [0.4, 0.5) is 0 Å². The Labute approximate surface area is 144 Å². The van der Waals surface area contributed by atoms with Crippen molar-refractivity contribution in [1.82, 2.24) is 10.6 Å². The highest BCUT2D eigenvalue weighted by molar-refractivity contribution is 5.87. The summed E-state index contributed by atoms with van der Waals surface area (Å²) >= 11 is 0. The molecule has 1 aromatic carbocycles. The van der Waals surface area contributed by atoms with Crippen LogP contribution < -0.4 is 10.6 Å². The van der Waals surface area contributed by atoms with Gasteiger partial charge in [0, 0.05) is 25.0 Å². The lowest BCUT2D eigenvalue weighted by Gasteiger charge is -2.35. The minimum absolute atomic E-state index is 0.0131. The van der Waals surface area contributed by atoms with E-state index in [9.17, 15) is 9.90 Å². The number of hydrogen-bond donors (Lipinski definition) is 3. The van der Waals surface area contributed by atoms with Crippen LogP contribution in [-0.4, -0.2) is 30.1 Å². The molecular weight excluding hydrogens is 300 g/mol. The van der Waals surface area contributed by atoms with Crippen molar-refractivity contribution in [3.63, 3.8) is 0 Å². The molecule has 0 aromatic heterocycles. The normalized spacial score (nSPS) is 32.5. The molecule has 0 bridgehead atoms. The first-order chi connectivity index (χ1) is 11.7. The van der Waals surface area contributed by atoms with Crippen LogP contribution in [0.15, 0.2) is 30.3 Å². The molecular formula is C20H28N2O2. The largest absolute Gasteiger partial charge is 0.375 e. The summed E-state index contributed by atoms with van der Waals surface area (Å²) in [6.07, 6.45) is 6.48. The lowest BCUT2D eigenvalue weighted by Crippen LogP contribution is -2.51. The summed E-state index contributed by atoms with van der Waals surface area (Å²) in [7, 11) is 0. The Morgan fingerprint density at radius 1 is 1.04 bits per heavy atom. The monoisotopic (exact) mass is 328 g/mol. The maximum absolute atomic E-state index is 13.2. The van der Waals surface area contributed by atoms with Gasteiger partial charge >= 0.3 is 0 Å². The highest BCUT2D eigenvalue weighted by Crippen LogP contribution is 2.44. The number of benzene rings is 1. The van der Waals surface area contributed by atoms with Gasteiger partial charge in [0.05, 0.1) is 0 Å². The minimum Gasteiger partial charge on any atom is -0.375 e. The molecule has 1 amide bonds. The van der Waals surface area contributed by atoms with Gasteiger partial charge < -0.3 is 15.7 Å². The summed E-state index contributed by atoms with van der Waals surface area (Å²) in [6.45, 7) is 1.98. The van der Waals surface area contributed by atoms with E-state index in [1.54, 1.807) is 0 Å². The molecule has 3 unspecified atom stereocenters. The fourth-order valence-corrected chi connectivity index (χ4v) is 4.84. The summed E-state index contributed by atoms with van der Waals surface area (Å²) in [6, 6.07) is 9.82. The van der Waals surface area contributed by atoms with Crippen molar-refractivity contribution in [3.05, 3.63) is 35.9 Å². The van der Waals surface area contributed by atoms with E-state index in [0.717, 1.165) is 44.3 Å². The van der Waals surface area contributed by atoms with Crippen LogP contribution in [0.1, 0.15) is 44.1 Å². The first-order valence-electron chi connectivity index (χ1n) is 9.51. The second-order valence-electron chi connectivity index (χ2n) is 7.81. The van der Waals surface area contributed by atoms with Crippen LogP contribution in [0.2, 0.25) is 0 Å². The molecule has 3 fully saturated rings. The van der Waals surface area contributed by atoms with Crippen LogP contribution in [0.5, 0.6) is 0 Å². The number of amides is 1. The number of piperidine rings is 1. The van der Waals surface area contributed by atoms with Gasteiger partial charge in [-0.25, -0.2) is 0 Å². The third kappa shape index (κ3) is 2.76. The molecule has 1 heterocycles. The Morgan fingerprint density at radius 2 is 1.67 bits per heavy atom. The van der Waals surface area contributed by atoms with Crippen LogP contribution in [0.25, 0.3) is 0 Å². The molecule has 2 saturated carbocycles. The highest BCUT2D eigenvalue weighted by Gasteiger charge is 2.56. The molecule has 1 aromatic rings. The van der Waals surface area contributed by atoms with E-state index in [2.05, 4.69) is 10.6 Å². The fraction of sp³-hybridized carbons (Fsp3) is 0.650. The summed E-state index contributed by atoms with van der Waals surface area (Å²) in [5.74, 6) is 0.949. The van der Waals surface area contributed by atoms with Gasteiger partial charge in [0.15, 0.2) is 5.60 Å². The Bertz CT molecular complexity index is 573. The average molecular weight is 328 g/mol. The molecule has 4 heteroatoms. The van der Waals surface area contributed by atoms with Crippen LogP contribution in [-0.2, 0) is 10.4 Å². The number of carbonyl (C=O) groups excluding carboxylic acids is 1. The number of rotatable bonds is 4. The maximum atomic E-state index is 13.2. The second kappa shape index (κ2) is 6.49. The quantitative estimate of drug-likeness (QED) is 0.743. The second-order valence-corrected chi connectivity index (χ2v) is 7.81. The van der Waals surface area contributed by atoms with E-state index in [-0.39, 0.29) is 17.9 Å². The Kier molecular flexibility index (Phi) is 4.35. The highest BCUT2D eigenvalue weighted by atomic mass is 16.3. The van der Waals surface area contributed by atoms with Crippen molar-refractivity contribution in [2.45, 2.75) is 50.2 Å². The van der Waals surface area contributed by atoms with Crippen molar-refractivity contribution in [2.75, 3.05) is 13.1 Å². The topological polar surface area (TPSA) is 61.4 Å². The number of nitrogens with one attached hydrogen (secondary N) is 2. The molecule has 2 aliphatic carbocycles. The summed E-state index contributed by atoms with van der Waals surface area (Å²) in [5, 5.41) is 18.2. The van der Waals surface area contributed by atoms with Crippen LogP contribution >= 0.6 is 0 Å². The number of aliphatic hydroxyl groups is 1. The molecule has 1 saturated heterocycles. The van der Waals surface area contributed by atoms with Gasteiger partial charge in [-0.3, -0.25) is 4.79 Å². The zero-order chi connectivity index (χ0) is 16.6. The van der Waals surface area contributed by atoms with E-state index in [1.807, 2.05) is 30.3 Å². The molecule has 4 nitrogen and oxygen atoms in total. The lowest BCUT2D eigenvalue weighted by molar-refractivity contribution is -0.148. The molecule has 0 spiro atoms. The summed E-state index contributed by atoms with van der Waals surface area (Å²) < 4.78 is 0. The maximum Gasteiger partial charge on any atom is 0.257 e. The predicted molar refractivity (Wildman–Crippen MR) is 93.3 cm³/mol. The van der Waals surface area contributed by atoms with E-state index in [0.29, 0.717) is 11.8 Å². The first-order valence-corrected chi connectivity index (χ1v) is 9.51. The first kappa shape index (κ1) is 16.1. The molecule has 4 rings (SSSR count). The molecule has 24 heavy (non-hydrogen) atoms. The average Bonchev–Trinajstić information content (AvgIpc) is 3.16. The SMILES string of the molecule is O=C(NC1C2CNC[C@@H]21)C(O)(c1ccccc1)C1CCCCCC1. The molecule has 3 aliphatic rings. The third-order valence-electron chi connectivity index (χ3n) is 6.40. The Balaban J connectivity index is 1.58. The van der Waals surface area contributed by atoms with E-state index >= 15 is 0 Å². The third-order valence-corrected chi connectivity index (χ3v) is 6.40. The van der Waals surface area contributed by atoms with E-state index < -0.39 is 5.60 Å². The zero-order valence-corrected chi connectivity index (χ0v) is 14.2. The smallest absolute Gasteiger partial charge is 0.257 e. The van der Waals surface area contributed by atoms with Crippen molar-refractivity contribution in [2.24, 2.45) is 17.8 Å². The van der Waals surface area contributed by atoms with Crippen molar-refractivity contribution >= 4 is 5.91 Å². The number of carbonyl (C=O) groups is 1. The number of fused-ring (bicyclic) bond motifs is 1. The molecule has 3 N–H and O–H groups in total. The van der Waals surface area contributed by atoms with Crippen molar-refractivity contribution in [1.29, 1.82) is 0 Å². The summed E-state index contributed by atoms with van der Waals surface area (Å²) in [4.78, 5) is 13.2. The van der Waals surface area contributed by atoms with Gasteiger partial charge in [0.2, 0.25) is 0 Å². The molecule has 1 aliphatic heterocycles. The van der Waals surface area contributed by atoms with Gasteiger partial charge in [-0.2, -0.15) is 0 Å². The molecule has 130 valence electrons. The Morgan fingerprint density at radius 3 is 2.29 bits per heavy atom. The molecule has 4 atom stereocenters. The minimum atomic E-state index is -1.39. The number of hydrogen-bond acceptors (Lipinski definition) is 3. The van der Waals surface area contributed by atoms with Gasteiger partial charge in [0.1, 0.15) is 0 Å². The van der Waals surface area contributed by atoms with Crippen LogP contribution in [0.3, 0.4) is 0 Å². The van der Waals surface area contributed by atoms with Gasteiger partial charge in [-0.15, -0.1) is 0 Å². The van der Waals surface area contributed by atoms with E-state index in [1.165, 1.54) is 12.8 Å². The van der Waals surface area contributed by atoms with Crippen molar-refractivity contribution in [3.8, 4) is 0 Å². The van der Waals surface area contributed by atoms with Crippen molar-refractivity contribution < 1.29 is 9.90 Å². The fourth-order valence-electron chi connectivity index (χ4n) is 4.84. The zero-order valence-electron chi connectivity index (χ0n) is 14.2. The summed E-state index contributed by atoms with van der Waals surface area (Å²) in [5.41, 5.74) is -0.644. The predicted octanol–water partition coefficient (Wildman–Crippen LogP) is 2.18. The van der Waals surface area contributed by atoms with E-state index in [4.69, 9.17) is 0 Å². The van der Waals surface area contributed by atoms with Gasteiger partial charge in [-0.1, -0.05) is 56.0 Å². The molecule has 0 radical (unpaired) electrons. The van der Waals surface area contributed by atoms with Gasteiger partial charge in [0.25, 0.3) is 5.91 Å². The van der Waals surface area contributed by atoms with Crippen LogP contribution in [0, 0.1) is 17.8 Å². The Hall–Kier alpha value is -1.39. The lowest BCUT2D eigenvalue weighted by atomic mass is 9.76.